The maximum atomic E-state index is 12.4. The largest absolute Gasteiger partial charge is 0.335 e. The van der Waals surface area contributed by atoms with E-state index < -0.39 is 11.3 Å². The minimum atomic E-state index is -0.501. The fourth-order valence-corrected chi connectivity index (χ4v) is 4.22. The molecule has 0 saturated heterocycles. The topological polar surface area (TPSA) is 88.9 Å². The summed E-state index contributed by atoms with van der Waals surface area (Å²) in [5.74, 6) is 0.261. The van der Waals surface area contributed by atoms with Gasteiger partial charge in [-0.15, -0.1) is 10.2 Å². The average Bonchev–Trinajstić information content (AvgIpc) is 3.03. The van der Waals surface area contributed by atoms with Crippen LogP contribution in [0.5, 0.6) is 0 Å². The number of hydrogen-bond acceptors (Lipinski definition) is 5. The second kappa shape index (κ2) is 9.43. The first-order chi connectivity index (χ1) is 13.5. The minimum absolute atomic E-state index is 0.154. The zero-order valence-electron chi connectivity index (χ0n) is 15.9. The van der Waals surface area contributed by atoms with E-state index in [1.807, 2.05) is 25.2 Å². The van der Waals surface area contributed by atoms with Crippen molar-refractivity contribution in [3.63, 3.8) is 0 Å². The van der Waals surface area contributed by atoms with Crippen molar-refractivity contribution in [3.05, 3.63) is 29.3 Å². The van der Waals surface area contributed by atoms with Crippen molar-refractivity contribution in [2.24, 2.45) is 7.05 Å². The molecule has 1 aliphatic rings. The molecule has 1 saturated carbocycles. The minimum Gasteiger partial charge on any atom is -0.335 e. The van der Waals surface area contributed by atoms with Gasteiger partial charge < -0.3 is 9.88 Å². The van der Waals surface area contributed by atoms with E-state index in [0.717, 1.165) is 31.2 Å². The van der Waals surface area contributed by atoms with Gasteiger partial charge in [0.2, 0.25) is 5.91 Å². The van der Waals surface area contributed by atoms with Crippen LogP contribution < -0.4 is 10.6 Å². The Kier molecular flexibility index (Phi) is 6.96. The Hall–Kier alpha value is -2.06. The third-order valence-corrected chi connectivity index (χ3v) is 6.24. The first kappa shape index (κ1) is 20.7. The molecule has 150 valence electrons. The molecule has 2 N–H and O–H groups in total. The van der Waals surface area contributed by atoms with E-state index in [9.17, 15) is 9.59 Å². The zero-order chi connectivity index (χ0) is 20.1. The van der Waals surface area contributed by atoms with E-state index in [4.69, 9.17) is 11.6 Å². The van der Waals surface area contributed by atoms with Crippen LogP contribution >= 0.6 is 23.4 Å². The number of rotatable bonds is 5. The first-order valence-corrected chi connectivity index (χ1v) is 10.6. The Morgan fingerprint density at radius 1 is 1.21 bits per heavy atom. The molecule has 3 rings (SSSR count). The van der Waals surface area contributed by atoms with Crippen LogP contribution in [0, 0.1) is 0 Å². The normalized spacial score (nSPS) is 15.8. The number of hydrogen-bond donors (Lipinski definition) is 2. The van der Waals surface area contributed by atoms with E-state index in [1.54, 1.807) is 17.6 Å². The molecule has 3 amide bonds. The highest BCUT2D eigenvalue weighted by Gasteiger charge is 2.23. The Balaban J connectivity index is 1.58. The van der Waals surface area contributed by atoms with Crippen molar-refractivity contribution in [1.29, 1.82) is 0 Å². The molecule has 0 aliphatic heterocycles. The van der Waals surface area contributed by atoms with Crippen molar-refractivity contribution >= 4 is 35.3 Å². The molecule has 9 heteroatoms. The van der Waals surface area contributed by atoms with Gasteiger partial charge in [0, 0.05) is 18.7 Å². The van der Waals surface area contributed by atoms with E-state index in [-0.39, 0.29) is 11.9 Å². The number of aromatic nitrogens is 3. The van der Waals surface area contributed by atoms with Gasteiger partial charge in [-0.3, -0.25) is 10.1 Å². The fraction of sp³-hybridized carbons (Fsp3) is 0.474. The molecule has 1 atom stereocenters. The second-order valence-electron chi connectivity index (χ2n) is 6.90. The smallest absolute Gasteiger partial charge is 0.321 e. The summed E-state index contributed by atoms with van der Waals surface area (Å²) in [5, 5.41) is 14.3. The molecule has 1 aromatic heterocycles. The summed E-state index contributed by atoms with van der Waals surface area (Å²) in [6, 6.07) is 7.11. The number of amides is 3. The molecule has 1 aliphatic carbocycles. The zero-order valence-corrected chi connectivity index (χ0v) is 17.5. The van der Waals surface area contributed by atoms with Crippen LogP contribution in [0.1, 0.15) is 39.0 Å². The van der Waals surface area contributed by atoms with Crippen molar-refractivity contribution in [1.82, 2.24) is 25.4 Å². The molecular weight excluding hydrogens is 398 g/mol. The lowest BCUT2D eigenvalue weighted by Gasteiger charge is -2.23. The molecule has 28 heavy (non-hydrogen) atoms. The van der Waals surface area contributed by atoms with Gasteiger partial charge in [-0.2, -0.15) is 0 Å². The van der Waals surface area contributed by atoms with Crippen molar-refractivity contribution < 1.29 is 9.59 Å². The maximum absolute atomic E-state index is 12.4. The number of urea groups is 1. The average molecular weight is 422 g/mol. The van der Waals surface area contributed by atoms with Gasteiger partial charge in [0.15, 0.2) is 11.0 Å². The Bertz CT molecular complexity index is 851. The summed E-state index contributed by atoms with van der Waals surface area (Å²) < 4.78 is 1.79. The Labute approximate surface area is 173 Å². The summed E-state index contributed by atoms with van der Waals surface area (Å²) >= 11 is 7.48. The Morgan fingerprint density at radius 2 is 1.93 bits per heavy atom. The fourth-order valence-electron chi connectivity index (χ4n) is 3.19. The number of carbonyl (C=O) groups excluding carboxylic acids is 2. The third-order valence-electron chi connectivity index (χ3n) is 4.78. The summed E-state index contributed by atoms with van der Waals surface area (Å²) in [5.41, 5.74) is 0.773. The molecule has 1 unspecified atom stereocenters. The molecule has 0 radical (unpaired) electrons. The van der Waals surface area contributed by atoms with Crippen LogP contribution in [-0.2, 0) is 11.8 Å². The van der Waals surface area contributed by atoms with E-state index in [1.165, 1.54) is 18.2 Å². The molecule has 2 aromatic rings. The van der Waals surface area contributed by atoms with E-state index >= 15 is 0 Å². The third kappa shape index (κ3) is 5.05. The van der Waals surface area contributed by atoms with E-state index in [2.05, 4.69) is 20.8 Å². The molecule has 1 heterocycles. The SMILES string of the molecule is CC(Sc1nnc(-c2ccccc2Cl)n1C)C(=O)NC(=O)NC1CCCCC1. The van der Waals surface area contributed by atoms with Gasteiger partial charge in [-0.25, -0.2) is 4.79 Å². The number of carbonyl (C=O) groups is 2. The molecular formula is C19H24ClN5O2S. The lowest BCUT2D eigenvalue weighted by atomic mass is 9.96. The molecule has 1 aromatic carbocycles. The maximum Gasteiger partial charge on any atom is 0.321 e. The van der Waals surface area contributed by atoms with Gasteiger partial charge in [0.25, 0.3) is 0 Å². The second-order valence-corrected chi connectivity index (χ2v) is 8.62. The monoisotopic (exact) mass is 421 g/mol. The number of halogens is 1. The van der Waals surface area contributed by atoms with Crippen LogP contribution in [0.15, 0.2) is 29.4 Å². The highest BCUT2D eigenvalue weighted by Crippen LogP contribution is 2.29. The van der Waals surface area contributed by atoms with Crippen molar-refractivity contribution in [3.8, 4) is 11.4 Å². The van der Waals surface area contributed by atoms with Crippen LogP contribution in [0.4, 0.5) is 4.79 Å². The van der Waals surface area contributed by atoms with Crippen LogP contribution in [0.2, 0.25) is 5.02 Å². The first-order valence-electron chi connectivity index (χ1n) is 9.38. The van der Waals surface area contributed by atoms with Crippen molar-refractivity contribution in [2.45, 2.75) is 55.5 Å². The highest BCUT2D eigenvalue weighted by atomic mass is 35.5. The lowest BCUT2D eigenvalue weighted by molar-refractivity contribution is -0.119. The highest BCUT2D eigenvalue weighted by molar-refractivity contribution is 8.00. The van der Waals surface area contributed by atoms with Crippen LogP contribution in [-0.4, -0.2) is 38.0 Å². The van der Waals surface area contributed by atoms with Gasteiger partial charge in [-0.1, -0.05) is 54.8 Å². The molecule has 1 fully saturated rings. The lowest BCUT2D eigenvalue weighted by Crippen LogP contribution is -2.47. The number of nitrogens with one attached hydrogen (secondary N) is 2. The van der Waals surface area contributed by atoms with Gasteiger partial charge in [0.05, 0.1) is 10.3 Å². The number of imide groups is 1. The predicted octanol–water partition coefficient (Wildman–Crippen LogP) is 3.77. The van der Waals surface area contributed by atoms with Crippen LogP contribution in [0.3, 0.4) is 0 Å². The van der Waals surface area contributed by atoms with Gasteiger partial charge >= 0.3 is 6.03 Å². The standard InChI is InChI=1S/C19H24ClN5O2S/c1-12(17(26)22-18(27)21-13-8-4-3-5-9-13)28-19-24-23-16(25(19)2)14-10-6-7-11-15(14)20/h6-7,10-13H,3-5,8-9H2,1-2H3,(H2,21,22,26,27). The van der Waals surface area contributed by atoms with Crippen molar-refractivity contribution in [2.75, 3.05) is 0 Å². The molecule has 7 nitrogen and oxygen atoms in total. The quantitative estimate of drug-likeness (QED) is 0.717. The molecule has 0 spiro atoms. The summed E-state index contributed by atoms with van der Waals surface area (Å²) in [6.45, 7) is 1.73. The number of thioether (sulfide) groups is 1. The summed E-state index contributed by atoms with van der Waals surface area (Å²) in [7, 11) is 1.82. The predicted molar refractivity (Wildman–Crippen MR) is 110 cm³/mol. The van der Waals surface area contributed by atoms with E-state index in [0.29, 0.717) is 16.0 Å². The molecule has 0 bridgehead atoms. The Morgan fingerprint density at radius 3 is 2.64 bits per heavy atom. The number of benzene rings is 1. The summed E-state index contributed by atoms with van der Waals surface area (Å²) in [6.07, 6.45) is 5.38. The summed E-state index contributed by atoms with van der Waals surface area (Å²) in [4.78, 5) is 24.4. The van der Waals surface area contributed by atoms with Gasteiger partial charge in [0.1, 0.15) is 0 Å². The number of nitrogens with zero attached hydrogens (tertiary/aromatic N) is 3. The van der Waals surface area contributed by atoms with Gasteiger partial charge in [-0.05, 0) is 31.9 Å². The van der Waals surface area contributed by atoms with Crippen LogP contribution in [0.25, 0.3) is 11.4 Å².